The van der Waals surface area contributed by atoms with Crippen LogP contribution < -0.4 is 4.72 Å². The third-order valence-corrected chi connectivity index (χ3v) is 3.96. The Morgan fingerprint density at radius 1 is 1.16 bits per heavy atom. The van der Waals surface area contributed by atoms with Crippen LogP contribution in [0.4, 0.5) is 14.5 Å². The third kappa shape index (κ3) is 3.18. The molecule has 2 aromatic rings. The van der Waals surface area contributed by atoms with Gasteiger partial charge in [0, 0.05) is 12.3 Å². The average molecular weight is 305 g/mol. The molecular formula is C11H7ClF2N2O2S. The van der Waals surface area contributed by atoms with Gasteiger partial charge in [-0.1, -0.05) is 11.6 Å². The van der Waals surface area contributed by atoms with Crippen LogP contribution in [0, 0.1) is 11.6 Å². The standard InChI is InChI=1S/C11H7ClF2N2O2S/c12-11-10(2-1-3-15-11)19(17,18)16-9-5-7(13)4-8(14)6-9/h1-6,16H. The molecule has 1 N–H and O–H groups in total. The molecule has 19 heavy (non-hydrogen) atoms. The Kier molecular flexibility index (Phi) is 3.68. The lowest BCUT2D eigenvalue weighted by atomic mass is 10.3. The molecule has 0 aliphatic rings. The topological polar surface area (TPSA) is 59.1 Å². The molecule has 0 bridgehead atoms. The number of nitrogens with one attached hydrogen (secondary N) is 1. The quantitative estimate of drug-likeness (QED) is 0.887. The number of aromatic nitrogens is 1. The van der Waals surface area contributed by atoms with Crippen LogP contribution in [0.2, 0.25) is 5.15 Å². The minimum atomic E-state index is -4.06. The number of pyridine rings is 1. The Morgan fingerprint density at radius 2 is 1.79 bits per heavy atom. The fourth-order valence-corrected chi connectivity index (χ4v) is 2.89. The van der Waals surface area contributed by atoms with Gasteiger partial charge in [0.25, 0.3) is 10.0 Å². The maximum atomic E-state index is 13.0. The van der Waals surface area contributed by atoms with Gasteiger partial charge in [0.15, 0.2) is 0 Å². The zero-order valence-corrected chi connectivity index (χ0v) is 10.8. The van der Waals surface area contributed by atoms with Gasteiger partial charge in [-0.15, -0.1) is 0 Å². The molecule has 8 heteroatoms. The van der Waals surface area contributed by atoms with E-state index in [1.807, 2.05) is 4.72 Å². The Morgan fingerprint density at radius 3 is 2.37 bits per heavy atom. The van der Waals surface area contributed by atoms with Crippen LogP contribution in [0.3, 0.4) is 0 Å². The number of sulfonamides is 1. The molecule has 0 radical (unpaired) electrons. The maximum absolute atomic E-state index is 13.0. The van der Waals surface area contributed by atoms with E-state index in [1.54, 1.807) is 0 Å². The smallest absolute Gasteiger partial charge is 0.264 e. The van der Waals surface area contributed by atoms with Crippen LogP contribution >= 0.6 is 11.6 Å². The van der Waals surface area contributed by atoms with Gasteiger partial charge in [-0.25, -0.2) is 22.2 Å². The van der Waals surface area contributed by atoms with Crippen molar-refractivity contribution >= 4 is 27.3 Å². The molecular weight excluding hydrogens is 298 g/mol. The zero-order valence-electron chi connectivity index (χ0n) is 9.27. The first-order chi connectivity index (χ1) is 8.88. The number of nitrogens with zero attached hydrogens (tertiary/aromatic N) is 1. The molecule has 0 fully saturated rings. The highest BCUT2D eigenvalue weighted by Crippen LogP contribution is 2.22. The summed E-state index contributed by atoms with van der Waals surface area (Å²) < 4.78 is 51.9. The number of hydrogen-bond acceptors (Lipinski definition) is 3. The predicted molar refractivity (Wildman–Crippen MR) is 66.4 cm³/mol. The summed E-state index contributed by atoms with van der Waals surface area (Å²) in [6.45, 7) is 0. The summed E-state index contributed by atoms with van der Waals surface area (Å²) in [4.78, 5) is 3.34. The normalized spacial score (nSPS) is 11.3. The van der Waals surface area contributed by atoms with Crippen molar-refractivity contribution in [2.24, 2.45) is 0 Å². The molecule has 0 spiro atoms. The van der Waals surface area contributed by atoms with Gasteiger partial charge in [-0.05, 0) is 24.3 Å². The first-order valence-electron chi connectivity index (χ1n) is 4.98. The van der Waals surface area contributed by atoms with E-state index < -0.39 is 21.7 Å². The van der Waals surface area contributed by atoms with Crippen LogP contribution in [0.5, 0.6) is 0 Å². The fraction of sp³-hybridized carbons (Fsp3) is 0. The number of anilines is 1. The maximum Gasteiger partial charge on any atom is 0.264 e. The zero-order chi connectivity index (χ0) is 14.0. The van der Waals surface area contributed by atoms with Gasteiger partial charge in [0.1, 0.15) is 21.7 Å². The van der Waals surface area contributed by atoms with Crippen LogP contribution in [-0.2, 0) is 10.0 Å². The van der Waals surface area contributed by atoms with Crippen LogP contribution in [-0.4, -0.2) is 13.4 Å². The van der Waals surface area contributed by atoms with Crippen LogP contribution in [0.1, 0.15) is 0 Å². The van der Waals surface area contributed by atoms with Crippen molar-refractivity contribution in [2.75, 3.05) is 4.72 Å². The summed E-state index contributed by atoms with van der Waals surface area (Å²) in [5.74, 6) is -1.79. The Bertz CT molecular complexity index is 702. The van der Waals surface area contributed by atoms with Gasteiger partial charge in [-0.3, -0.25) is 4.72 Å². The minimum absolute atomic E-state index is 0.230. The number of benzene rings is 1. The first-order valence-corrected chi connectivity index (χ1v) is 6.84. The van der Waals surface area contributed by atoms with Gasteiger partial charge >= 0.3 is 0 Å². The van der Waals surface area contributed by atoms with Gasteiger partial charge in [-0.2, -0.15) is 0 Å². The summed E-state index contributed by atoms with van der Waals surface area (Å²) in [6, 6.07) is 4.95. The predicted octanol–water partition coefficient (Wildman–Crippen LogP) is 2.81. The van der Waals surface area contributed by atoms with E-state index in [0.29, 0.717) is 6.07 Å². The number of rotatable bonds is 3. The Labute approximate surface area is 113 Å². The highest BCUT2D eigenvalue weighted by atomic mass is 35.5. The van der Waals surface area contributed by atoms with Crippen molar-refractivity contribution in [3.63, 3.8) is 0 Å². The molecule has 0 aliphatic heterocycles. The van der Waals surface area contributed by atoms with Crippen LogP contribution in [0.15, 0.2) is 41.4 Å². The molecule has 0 saturated carbocycles. The van der Waals surface area contributed by atoms with Crippen molar-refractivity contribution in [1.82, 2.24) is 4.98 Å². The van der Waals surface area contributed by atoms with Crippen molar-refractivity contribution in [1.29, 1.82) is 0 Å². The highest BCUT2D eigenvalue weighted by Gasteiger charge is 2.19. The van der Waals surface area contributed by atoms with E-state index >= 15 is 0 Å². The Hall–Kier alpha value is -1.73. The van der Waals surface area contributed by atoms with E-state index in [1.165, 1.54) is 18.3 Å². The van der Waals surface area contributed by atoms with E-state index in [9.17, 15) is 17.2 Å². The molecule has 100 valence electrons. The lowest BCUT2D eigenvalue weighted by Crippen LogP contribution is -2.14. The van der Waals surface area contributed by atoms with Crippen molar-refractivity contribution in [2.45, 2.75) is 4.90 Å². The SMILES string of the molecule is O=S(=O)(Nc1cc(F)cc(F)c1)c1cccnc1Cl. The largest absolute Gasteiger partial charge is 0.279 e. The number of halogens is 3. The molecule has 1 heterocycles. The second kappa shape index (κ2) is 5.10. The fourth-order valence-electron chi connectivity index (χ4n) is 1.39. The molecule has 0 saturated heterocycles. The van der Waals surface area contributed by atoms with E-state index in [2.05, 4.69) is 4.98 Å². The molecule has 0 amide bonds. The van der Waals surface area contributed by atoms with Gasteiger partial charge < -0.3 is 0 Å². The Balaban J connectivity index is 2.39. The average Bonchev–Trinajstić information content (AvgIpc) is 2.26. The van der Waals surface area contributed by atoms with E-state index in [-0.39, 0.29) is 15.7 Å². The second-order valence-corrected chi connectivity index (χ2v) is 5.56. The molecule has 0 unspecified atom stereocenters. The van der Waals surface area contributed by atoms with Crippen molar-refractivity contribution < 1.29 is 17.2 Å². The van der Waals surface area contributed by atoms with Gasteiger partial charge in [0.05, 0.1) is 5.69 Å². The summed E-state index contributed by atoms with van der Waals surface area (Å²) in [7, 11) is -4.06. The van der Waals surface area contributed by atoms with Gasteiger partial charge in [0.2, 0.25) is 0 Å². The molecule has 0 aliphatic carbocycles. The lowest BCUT2D eigenvalue weighted by molar-refractivity contribution is 0.584. The summed E-state index contributed by atoms with van der Waals surface area (Å²) in [6.07, 6.45) is 1.32. The monoisotopic (exact) mass is 304 g/mol. The van der Waals surface area contributed by atoms with E-state index in [0.717, 1.165) is 12.1 Å². The third-order valence-electron chi connectivity index (χ3n) is 2.13. The molecule has 1 aromatic carbocycles. The second-order valence-electron chi connectivity index (χ2n) is 3.56. The molecule has 4 nitrogen and oxygen atoms in total. The summed E-state index contributed by atoms with van der Waals surface area (Å²) in [5, 5.41) is -0.230. The summed E-state index contributed by atoms with van der Waals surface area (Å²) >= 11 is 5.66. The van der Waals surface area contributed by atoms with Crippen molar-refractivity contribution in [3.05, 3.63) is 53.3 Å². The molecule has 2 rings (SSSR count). The van der Waals surface area contributed by atoms with Crippen molar-refractivity contribution in [3.8, 4) is 0 Å². The molecule has 1 aromatic heterocycles. The molecule has 0 atom stereocenters. The lowest BCUT2D eigenvalue weighted by Gasteiger charge is -2.09. The van der Waals surface area contributed by atoms with Crippen LogP contribution in [0.25, 0.3) is 0 Å². The highest BCUT2D eigenvalue weighted by molar-refractivity contribution is 7.92. The summed E-state index contributed by atoms with van der Waals surface area (Å²) in [5.41, 5.74) is -0.239. The first kappa shape index (κ1) is 13.7. The van der Waals surface area contributed by atoms with E-state index in [4.69, 9.17) is 11.6 Å². The number of hydrogen-bond donors (Lipinski definition) is 1. The minimum Gasteiger partial charge on any atom is -0.279 e.